The standard InChI is InChI=1S/C18H20BrF2NO3/c19-14-8-16(20)18(17(21)9-14)25-12-15(24)11-22(6-7-23)10-13-4-2-1-3-5-13/h1-5,8-9,15,23-24H,6-7,10-12H2. The van der Waals surface area contributed by atoms with Crippen LogP contribution in [0.1, 0.15) is 5.56 Å². The van der Waals surface area contributed by atoms with Gasteiger partial charge in [0.2, 0.25) is 0 Å². The van der Waals surface area contributed by atoms with Gasteiger partial charge < -0.3 is 14.9 Å². The van der Waals surface area contributed by atoms with E-state index in [0.29, 0.717) is 13.1 Å². The second kappa shape index (κ2) is 9.82. The first-order chi connectivity index (χ1) is 12.0. The number of halogens is 3. The second-order valence-electron chi connectivity index (χ2n) is 5.61. The topological polar surface area (TPSA) is 52.9 Å². The lowest BCUT2D eigenvalue weighted by atomic mass is 10.2. The van der Waals surface area contributed by atoms with Gasteiger partial charge >= 0.3 is 0 Å². The van der Waals surface area contributed by atoms with Crippen LogP contribution in [0.25, 0.3) is 0 Å². The van der Waals surface area contributed by atoms with Gasteiger partial charge in [-0.05, 0) is 17.7 Å². The Morgan fingerprint density at radius 2 is 1.76 bits per heavy atom. The molecule has 4 nitrogen and oxygen atoms in total. The molecule has 0 radical (unpaired) electrons. The molecular weight excluding hydrogens is 396 g/mol. The molecule has 2 aromatic rings. The summed E-state index contributed by atoms with van der Waals surface area (Å²) in [5.41, 5.74) is 1.04. The van der Waals surface area contributed by atoms with Crippen molar-refractivity contribution in [2.75, 3.05) is 26.3 Å². The summed E-state index contributed by atoms with van der Waals surface area (Å²) >= 11 is 2.99. The maximum Gasteiger partial charge on any atom is 0.190 e. The molecular formula is C18H20BrF2NO3. The zero-order valence-electron chi connectivity index (χ0n) is 13.5. The number of benzene rings is 2. The summed E-state index contributed by atoms with van der Waals surface area (Å²) in [6.07, 6.45) is -0.960. The predicted octanol–water partition coefficient (Wildman–Crippen LogP) is 2.96. The van der Waals surface area contributed by atoms with Gasteiger partial charge in [0.25, 0.3) is 0 Å². The smallest absolute Gasteiger partial charge is 0.190 e. The highest BCUT2D eigenvalue weighted by atomic mass is 79.9. The second-order valence-corrected chi connectivity index (χ2v) is 6.52. The van der Waals surface area contributed by atoms with Gasteiger partial charge in [-0.25, -0.2) is 8.78 Å². The minimum absolute atomic E-state index is 0.0591. The zero-order valence-corrected chi connectivity index (χ0v) is 15.1. The molecule has 0 heterocycles. The fourth-order valence-electron chi connectivity index (χ4n) is 2.42. The summed E-state index contributed by atoms with van der Waals surface area (Å²) in [6, 6.07) is 11.8. The van der Waals surface area contributed by atoms with Gasteiger partial charge in [-0.3, -0.25) is 4.90 Å². The van der Waals surface area contributed by atoms with Crippen LogP contribution in [0.2, 0.25) is 0 Å². The van der Waals surface area contributed by atoms with Crippen molar-refractivity contribution in [2.45, 2.75) is 12.6 Å². The quantitative estimate of drug-likeness (QED) is 0.660. The first kappa shape index (κ1) is 19.8. The highest BCUT2D eigenvalue weighted by Crippen LogP contribution is 2.26. The molecule has 25 heavy (non-hydrogen) atoms. The number of ether oxygens (including phenoxy) is 1. The summed E-state index contributed by atoms with van der Waals surface area (Å²) in [4.78, 5) is 1.84. The highest BCUT2D eigenvalue weighted by molar-refractivity contribution is 9.10. The zero-order chi connectivity index (χ0) is 18.2. The maximum absolute atomic E-state index is 13.7. The lowest BCUT2D eigenvalue weighted by molar-refractivity contribution is 0.0565. The molecule has 0 saturated heterocycles. The fourth-order valence-corrected chi connectivity index (χ4v) is 2.82. The first-order valence-corrected chi connectivity index (χ1v) is 8.61. The molecule has 1 unspecified atom stereocenters. The van der Waals surface area contributed by atoms with Gasteiger partial charge in [0.15, 0.2) is 17.4 Å². The third kappa shape index (κ3) is 6.36. The van der Waals surface area contributed by atoms with Crippen molar-refractivity contribution < 1.29 is 23.7 Å². The van der Waals surface area contributed by atoms with Gasteiger partial charge in [0.1, 0.15) is 12.7 Å². The first-order valence-electron chi connectivity index (χ1n) is 7.82. The number of rotatable bonds is 9. The molecule has 0 fully saturated rings. The van der Waals surface area contributed by atoms with Crippen molar-refractivity contribution in [3.05, 3.63) is 64.1 Å². The van der Waals surface area contributed by atoms with Crippen molar-refractivity contribution in [2.24, 2.45) is 0 Å². The molecule has 136 valence electrons. The normalized spacial score (nSPS) is 12.4. The number of hydrogen-bond donors (Lipinski definition) is 2. The average Bonchev–Trinajstić information content (AvgIpc) is 2.55. The summed E-state index contributed by atoms with van der Waals surface area (Å²) in [5.74, 6) is -2.19. The minimum Gasteiger partial charge on any atom is -0.485 e. The van der Waals surface area contributed by atoms with E-state index in [4.69, 9.17) is 4.74 Å². The lowest BCUT2D eigenvalue weighted by Crippen LogP contribution is -2.37. The molecule has 0 aliphatic rings. The van der Waals surface area contributed by atoms with E-state index in [2.05, 4.69) is 15.9 Å². The van der Waals surface area contributed by atoms with Crippen molar-refractivity contribution in [3.8, 4) is 5.75 Å². The van der Waals surface area contributed by atoms with E-state index in [-0.39, 0.29) is 24.2 Å². The molecule has 0 aliphatic carbocycles. The van der Waals surface area contributed by atoms with E-state index >= 15 is 0 Å². The van der Waals surface area contributed by atoms with Crippen molar-refractivity contribution in [1.29, 1.82) is 0 Å². The number of nitrogens with zero attached hydrogens (tertiary/aromatic N) is 1. The Balaban J connectivity index is 1.92. The summed E-state index contributed by atoms with van der Waals surface area (Å²) in [6.45, 7) is 0.796. The third-order valence-electron chi connectivity index (χ3n) is 3.52. The van der Waals surface area contributed by atoms with E-state index in [1.165, 1.54) is 0 Å². The molecule has 0 bridgehead atoms. The van der Waals surface area contributed by atoms with Gasteiger partial charge in [0, 0.05) is 24.1 Å². The van der Waals surface area contributed by atoms with Gasteiger partial charge in [-0.1, -0.05) is 46.3 Å². The molecule has 2 N–H and O–H groups in total. The Kier molecular flexibility index (Phi) is 7.77. The molecule has 0 aromatic heterocycles. The molecule has 2 rings (SSSR count). The van der Waals surface area contributed by atoms with Crippen LogP contribution in [0.15, 0.2) is 46.9 Å². The molecule has 0 saturated carbocycles. The van der Waals surface area contributed by atoms with Crippen LogP contribution in [0, 0.1) is 11.6 Å². The summed E-state index contributed by atoms with van der Waals surface area (Å²) in [7, 11) is 0. The van der Waals surface area contributed by atoms with Crippen LogP contribution in [-0.2, 0) is 6.54 Å². The monoisotopic (exact) mass is 415 g/mol. The Labute approximate surface area is 153 Å². The largest absolute Gasteiger partial charge is 0.485 e. The Bertz CT molecular complexity index is 650. The van der Waals surface area contributed by atoms with Crippen LogP contribution in [-0.4, -0.2) is 47.5 Å². The molecule has 2 aromatic carbocycles. The Morgan fingerprint density at radius 1 is 1.12 bits per heavy atom. The van der Waals surface area contributed by atoms with Crippen molar-refractivity contribution in [1.82, 2.24) is 4.90 Å². The molecule has 0 aliphatic heterocycles. The van der Waals surface area contributed by atoms with Crippen LogP contribution in [0.4, 0.5) is 8.78 Å². The van der Waals surface area contributed by atoms with E-state index in [0.717, 1.165) is 17.7 Å². The Morgan fingerprint density at radius 3 is 2.36 bits per heavy atom. The van der Waals surface area contributed by atoms with Gasteiger partial charge in [0.05, 0.1) is 6.61 Å². The van der Waals surface area contributed by atoms with E-state index in [1.807, 2.05) is 35.2 Å². The van der Waals surface area contributed by atoms with Crippen LogP contribution in [0.3, 0.4) is 0 Å². The van der Waals surface area contributed by atoms with Gasteiger partial charge in [-0.15, -0.1) is 0 Å². The van der Waals surface area contributed by atoms with E-state index in [9.17, 15) is 19.0 Å². The molecule has 1 atom stereocenters. The number of aliphatic hydroxyl groups excluding tert-OH is 2. The van der Waals surface area contributed by atoms with E-state index in [1.54, 1.807) is 0 Å². The predicted molar refractivity (Wildman–Crippen MR) is 94.4 cm³/mol. The SMILES string of the molecule is OCCN(Cc1ccccc1)CC(O)COc1c(F)cc(Br)cc1F. The number of aliphatic hydroxyl groups is 2. The minimum atomic E-state index is -0.960. The molecule has 0 spiro atoms. The number of hydrogen-bond acceptors (Lipinski definition) is 4. The van der Waals surface area contributed by atoms with Crippen LogP contribution < -0.4 is 4.74 Å². The highest BCUT2D eigenvalue weighted by Gasteiger charge is 2.16. The Hall–Kier alpha value is -1.54. The molecule has 7 heteroatoms. The van der Waals surface area contributed by atoms with Crippen LogP contribution in [0.5, 0.6) is 5.75 Å². The summed E-state index contributed by atoms with van der Waals surface area (Å²) in [5, 5.41) is 19.3. The van der Waals surface area contributed by atoms with E-state index < -0.39 is 23.5 Å². The van der Waals surface area contributed by atoms with Crippen molar-refractivity contribution in [3.63, 3.8) is 0 Å². The lowest BCUT2D eigenvalue weighted by Gasteiger charge is -2.24. The summed E-state index contributed by atoms with van der Waals surface area (Å²) < 4.78 is 32.8. The third-order valence-corrected chi connectivity index (χ3v) is 3.98. The van der Waals surface area contributed by atoms with Gasteiger partial charge in [-0.2, -0.15) is 0 Å². The van der Waals surface area contributed by atoms with Crippen LogP contribution >= 0.6 is 15.9 Å². The maximum atomic E-state index is 13.7. The fraction of sp³-hybridized carbons (Fsp3) is 0.333. The van der Waals surface area contributed by atoms with Crippen molar-refractivity contribution >= 4 is 15.9 Å². The molecule has 0 amide bonds. The average molecular weight is 416 g/mol.